The van der Waals surface area contributed by atoms with Gasteiger partial charge in [0.1, 0.15) is 0 Å². The van der Waals surface area contributed by atoms with E-state index in [0.29, 0.717) is 0 Å². The van der Waals surface area contributed by atoms with Crippen LogP contribution in [0, 0.1) is 11.6 Å². The highest BCUT2D eigenvalue weighted by Gasteiger charge is 2.26. The van der Waals surface area contributed by atoms with E-state index in [1.54, 1.807) is 0 Å². The molecule has 16 heavy (non-hydrogen) atoms. The number of carbonyl (C=O) groups is 1. The van der Waals surface area contributed by atoms with Gasteiger partial charge in [0.15, 0.2) is 11.6 Å². The van der Waals surface area contributed by atoms with Crippen molar-refractivity contribution >= 4 is 5.91 Å². The lowest BCUT2D eigenvalue weighted by Crippen LogP contribution is -2.26. The van der Waals surface area contributed by atoms with Crippen LogP contribution < -0.4 is 10.1 Å². The standard InChI is InChI=1S/C11H11F2NO2/c1-16-10-7(4-5-8(12)9(10)13)11(15)14-6-2-3-6/h4-6H,2-3H2,1H3,(H,14,15). The molecule has 1 aromatic rings. The lowest BCUT2D eigenvalue weighted by molar-refractivity contribution is 0.0947. The van der Waals surface area contributed by atoms with Gasteiger partial charge in [0.25, 0.3) is 5.91 Å². The summed E-state index contributed by atoms with van der Waals surface area (Å²) in [5, 5.41) is 2.68. The fraction of sp³-hybridized carbons (Fsp3) is 0.364. The molecule has 1 aromatic carbocycles. The highest BCUT2D eigenvalue weighted by atomic mass is 19.2. The maximum absolute atomic E-state index is 13.3. The Morgan fingerprint density at radius 3 is 2.69 bits per heavy atom. The maximum Gasteiger partial charge on any atom is 0.255 e. The van der Waals surface area contributed by atoms with Gasteiger partial charge in [0.2, 0.25) is 5.82 Å². The van der Waals surface area contributed by atoms with Crippen molar-refractivity contribution in [1.82, 2.24) is 5.32 Å². The van der Waals surface area contributed by atoms with Gasteiger partial charge < -0.3 is 10.1 Å². The maximum atomic E-state index is 13.3. The van der Waals surface area contributed by atoms with Gasteiger partial charge in [0.05, 0.1) is 12.7 Å². The predicted octanol–water partition coefficient (Wildman–Crippen LogP) is 1.87. The summed E-state index contributed by atoms with van der Waals surface area (Å²) in [7, 11) is 1.20. The molecule has 0 bridgehead atoms. The second-order valence-corrected chi connectivity index (χ2v) is 3.69. The summed E-state index contributed by atoms with van der Waals surface area (Å²) in [6.07, 6.45) is 1.86. The van der Waals surface area contributed by atoms with Gasteiger partial charge in [-0.2, -0.15) is 4.39 Å². The van der Waals surface area contributed by atoms with Crippen molar-refractivity contribution in [2.75, 3.05) is 7.11 Å². The van der Waals surface area contributed by atoms with Gasteiger partial charge in [-0.1, -0.05) is 0 Å². The number of hydrogen-bond donors (Lipinski definition) is 1. The first kappa shape index (κ1) is 10.9. The van der Waals surface area contributed by atoms with Gasteiger partial charge in [-0.05, 0) is 25.0 Å². The normalized spacial score (nSPS) is 14.7. The van der Waals surface area contributed by atoms with Crippen LogP contribution in [0.5, 0.6) is 5.75 Å². The number of halogens is 2. The number of benzene rings is 1. The minimum absolute atomic E-state index is 0.0216. The second-order valence-electron chi connectivity index (χ2n) is 3.69. The van der Waals surface area contributed by atoms with Crippen molar-refractivity contribution in [2.24, 2.45) is 0 Å². The molecule has 0 saturated heterocycles. The van der Waals surface area contributed by atoms with E-state index >= 15 is 0 Å². The van der Waals surface area contributed by atoms with E-state index in [4.69, 9.17) is 4.74 Å². The van der Waals surface area contributed by atoms with Gasteiger partial charge in [0, 0.05) is 6.04 Å². The van der Waals surface area contributed by atoms with Crippen molar-refractivity contribution in [3.8, 4) is 5.75 Å². The summed E-state index contributed by atoms with van der Waals surface area (Å²) in [6, 6.07) is 2.29. The molecule has 1 aliphatic carbocycles. The van der Waals surface area contributed by atoms with Crippen molar-refractivity contribution in [2.45, 2.75) is 18.9 Å². The van der Waals surface area contributed by atoms with Crippen molar-refractivity contribution in [3.63, 3.8) is 0 Å². The van der Waals surface area contributed by atoms with E-state index in [-0.39, 0.29) is 17.4 Å². The third kappa shape index (κ3) is 1.98. The van der Waals surface area contributed by atoms with Crippen LogP contribution in [-0.2, 0) is 0 Å². The average molecular weight is 227 g/mol. The predicted molar refractivity (Wildman–Crippen MR) is 53.4 cm³/mol. The van der Waals surface area contributed by atoms with Gasteiger partial charge in [-0.15, -0.1) is 0 Å². The molecular weight excluding hydrogens is 216 g/mol. The molecule has 0 aromatic heterocycles. The van der Waals surface area contributed by atoms with Crippen LogP contribution in [0.15, 0.2) is 12.1 Å². The summed E-state index contributed by atoms with van der Waals surface area (Å²) < 4.78 is 30.9. The fourth-order valence-corrected chi connectivity index (χ4v) is 1.40. The van der Waals surface area contributed by atoms with Crippen LogP contribution in [0.4, 0.5) is 8.78 Å². The largest absolute Gasteiger partial charge is 0.493 e. The topological polar surface area (TPSA) is 38.3 Å². The van der Waals surface area contributed by atoms with E-state index in [0.717, 1.165) is 18.9 Å². The van der Waals surface area contributed by atoms with E-state index in [1.165, 1.54) is 13.2 Å². The van der Waals surface area contributed by atoms with Gasteiger partial charge in [-0.3, -0.25) is 4.79 Å². The van der Waals surface area contributed by atoms with Crippen LogP contribution in [-0.4, -0.2) is 19.1 Å². The first-order valence-electron chi connectivity index (χ1n) is 4.96. The summed E-state index contributed by atoms with van der Waals surface area (Å²) in [6.45, 7) is 0. The summed E-state index contributed by atoms with van der Waals surface area (Å²) in [5.74, 6) is -2.94. The summed E-state index contributed by atoms with van der Waals surface area (Å²) >= 11 is 0. The molecule has 1 N–H and O–H groups in total. The third-order valence-electron chi connectivity index (χ3n) is 2.41. The molecule has 1 amide bonds. The Labute approximate surface area is 91.4 Å². The Kier molecular flexibility index (Phi) is 2.77. The van der Waals surface area contributed by atoms with Gasteiger partial charge in [-0.25, -0.2) is 4.39 Å². The van der Waals surface area contributed by atoms with Crippen molar-refractivity contribution in [3.05, 3.63) is 29.3 Å². The average Bonchev–Trinajstić information content (AvgIpc) is 3.05. The Balaban J connectivity index is 2.31. The van der Waals surface area contributed by atoms with E-state index < -0.39 is 17.5 Å². The van der Waals surface area contributed by atoms with Crippen molar-refractivity contribution in [1.29, 1.82) is 0 Å². The first-order chi connectivity index (χ1) is 7.63. The number of nitrogens with one attached hydrogen (secondary N) is 1. The molecule has 3 nitrogen and oxygen atoms in total. The second kappa shape index (κ2) is 4.08. The zero-order valence-corrected chi connectivity index (χ0v) is 8.72. The molecule has 0 atom stereocenters. The molecule has 0 aliphatic heterocycles. The molecule has 1 saturated carbocycles. The lowest BCUT2D eigenvalue weighted by atomic mass is 10.1. The van der Waals surface area contributed by atoms with Crippen LogP contribution in [0.25, 0.3) is 0 Å². The van der Waals surface area contributed by atoms with E-state index in [2.05, 4.69) is 5.32 Å². The summed E-state index contributed by atoms with van der Waals surface area (Å²) in [5.41, 5.74) is 0.0216. The smallest absolute Gasteiger partial charge is 0.255 e. The Morgan fingerprint density at radius 1 is 1.44 bits per heavy atom. The summed E-state index contributed by atoms with van der Waals surface area (Å²) in [4.78, 5) is 11.7. The molecule has 5 heteroatoms. The monoisotopic (exact) mass is 227 g/mol. The van der Waals surface area contributed by atoms with E-state index in [1.807, 2.05) is 0 Å². The van der Waals surface area contributed by atoms with Crippen LogP contribution in [0.1, 0.15) is 23.2 Å². The molecule has 0 heterocycles. The molecule has 86 valence electrons. The van der Waals surface area contributed by atoms with Gasteiger partial charge >= 0.3 is 0 Å². The number of carbonyl (C=O) groups excluding carboxylic acids is 1. The minimum atomic E-state index is -1.13. The van der Waals surface area contributed by atoms with Crippen LogP contribution >= 0.6 is 0 Å². The number of rotatable bonds is 3. The highest BCUT2D eigenvalue weighted by molar-refractivity contribution is 5.97. The van der Waals surface area contributed by atoms with E-state index in [9.17, 15) is 13.6 Å². The number of methoxy groups -OCH3 is 1. The molecule has 0 spiro atoms. The Morgan fingerprint density at radius 2 is 2.12 bits per heavy atom. The minimum Gasteiger partial charge on any atom is -0.493 e. The quantitative estimate of drug-likeness (QED) is 0.856. The Bertz CT molecular complexity index is 430. The SMILES string of the molecule is COc1c(C(=O)NC2CC2)ccc(F)c1F. The molecule has 2 rings (SSSR count). The fourth-order valence-electron chi connectivity index (χ4n) is 1.40. The molecule has 1 aliphatic rings. The number of ether oxygens (including phenoxy) is 1. The van der Waals surface area contributed by atoms with Crippen molar-refractivity contribution < 1.29 is 18.3 Å². The first-order valence-corrected chi connectivity index (χ1v) is 4.96. The third-order valence-corrected chi connectivity index (χ3v) is 2.41. The molecular formula is C11H11F2NO2. The number of amides is 1. The zero-order chi connectivity index (χ0) is 11.7. The highest BCUT2D eigenvalue weighted by Crippen LogP contribution is 2.26. The molecule has 1 fully saturated rings. The zero-order valence-electron chi connectivity index (χ0n) is 8.72. The van der Waals surface area contributed by atoms with Crippen LogP contribution in [0.3, 0.4) is 0 Å². The molecule has 0 unspecified atom stereocenters. The molecule has 0 radical (unpaired) electrons. The number of hydrogen-bond acceptors (Lipinski definition) is 2. The van der Waals surface area contributed by atoms with Crippen LogP contribution in [0.2, 0.25) is 0 Å². The lowest BCUT2D eigenvalue weighted by Gasteiger charge is -2.09. The Hall–Kier alpha value is -1.65.